The first kappa shape index (κ1) is 17.2. The fourth-order valence-corrected chi connectivity index (χ4v) is 5.51. The van der Waals surface area contributed by atoms with Crippen molar-refractivity contribution < 1.29 is 17.9 Å². The van der Waals surface area contributed by atoms with Gasteiger partial charge in [-0.25, -0.2) is 8.42 Å². The number of fused-ring (bicyclic) bond motifs is 1. The molecule has 0 bridgehead atoms. The normalized spacial score (nSPS) is 19.4. The first-order valence-corrected chi connectivity index (χ1v) is 10.2. The highest BCUT2D eigenvalue weighted by molar-refractivity contribution is 7.92. The van der Waals surface area contributed by atoms with Crippen LogP contribution in [-0.2, 0) is 9.84 Å². The molecule has 0 spiro atoms. The first-order chi connectivity index (χ1) is 11.2. The summed E-state index contributed by atoms with van der Waals surface area (Å²) in [5, 5.41) is 1.01. The van der Waals surface area contributed by atoms with Gasteiger partial charge in [-0.3, -0.25) is 4.79 Å². The van der Waals surface area contributed by atoms with Gasteiger partial charge in [0.05, 0.1) is 22.5 Å². The second-order valence-corrected chi connectivity index (χ2v) is 10.5. The maximum Gasteiger partial charge on any atom is 0.264 e. The standard InChI is InChI=1S/C17H21NO4S2/c1-11-13-9-12(22-4)5-6-14(13)23-15(11)16(19)18-7-8-24(20,21)17(2,3)10-18/h5-6,9H,7-8,10H2,1-4H3. The minimum atomic E-state index is -3.16. The van der Waals surface area contributed by atoms with Gasteiger partial charge in [0.2, 0.25) is 0 Å². The molecule has 0 N–H and O–H groups in total. The lowest BCUT2D eigenvalue weighted by Gasteiger charge is -2.37. The lowest BCUT2D eigenvalue weighted by Crippen LogP contribution is -2.54. The van der Waals surface area contributed by atoms with Crippen molar-refractivity contribution >= 4 is 37.2 Å². The number of carbonyl (C=O) groups is 1. The van der Waals surface area contributed by atoms with Crippen molar-refractivity contribution in [3.8, 4) is 5.75 Å². The van der Waals surface area contributed by atoms with Crippen LogP contribution >= 0.6 is 11.3 Å². The molecule has 1 amide bonds. The molecule has 2 aromatic rings. The van der Waals surface area contributed by atoms with Crippen molar-refractivity contribution in [1.82, 2.24) is 4.90 Å². The number of thiophene rings is 1. The van der Waals surface area contributed by atoms with Gasteiger partial charge in [-0.2, -0.15) is 0 Å². The Bertz CT molecular complexity index is 912. The topological polar surface area (TPSA) is 63.7 Å². The van der Waals surface area contributed by atoms with E-state index >= 15 is 0 Å². The number of rotatable bonds is 2. The number of methoxy groups -OCH3 is 1. The van der Waals surface area contributed by atoms with Crippen molar-refractivity contribution in [3.63, 3.8) is 0 Å². The second-order valence-electron chi connectivity index (χ2n) is 6.72. The molecule has 0 atom stereocenters. The highest BCUT2D eigenvalue weighted by Crippen LogP contribution is 2.35. The Labute approximate surface area is 146 Å². The van der Waals surface area contributed by atoms with E-state index in [4.69, 9.17) is 4.74 Å². The molecule has 1 aliphatic rings. The molecule has 24 heavy (non-hydrogen) atoms. The largest absolute Gasteiger partial charge is 0.497 e. The van der Waals surface area contributed by atoms with Gasteiger partial charge in [0.25, 0.3) is 5.91 Å². The predicted molar refractivity (Wildman–Crippen MR) is 96.9 cm³/mol. The molecule has 0 unspecified atom stereocenters. The summed E-state index contributed by atoms with van der Waals surface area (Å²) in [7, 11) is -1.54. The van der Waals surface area contributed by atoms with Crippen LogP contribution in [0.4, 0.5) is 0 Å². The summed E-state index contributed by atoms with van der Waals surface area (Å²) in [4.78, 5) is 15.3. The average molecular weight is 367 g/mol. The Morgan fingerprint density at radius 2 is 2.04 bits per heavy atom. The molecule has 1 aromatic heterocycles. The average Bonchev–Trinajstić information content (AvgIpc) is 2.86. The van der Waals surface area contributed by atoms with Crippen molar-refractivity contribution in [2.75, 3.05) is 26.0 Å². The molecule has 5 nitrogen and oxygen atoms in total. The van der Waals surface area contributed by atoms with E-state index in [0.29, 0.717) is 4.88 Å². The van der Waals surface area contributed by atoms with Gasteiger partial charge in [0.15, 0.2) is 9.84 Å². The summed E-state index contributed by atoms with van der Waals surface area (Å²) < 4.78 is 29.7. The van der Waals surface area contributed by atoms with Crippen molar-refractivity contribution in [1.29, 1.82) is 0 Å². The molecule has 1 aliphatic heterocycles. The third kappa shape index (κ3) is 2.69. The molecule has 1 aromatic carbocycles. The Morgan fingerprint density at radius 1 is 1.33 bits per heavy atom. The molecular formula is C17H21NO4S2. The molecule has 7 heteroatoms. The van der Waals surface area contributed by atoms with E-state index in [-0.39, 0.29) is 24.7 Å². The van der Waals surface area contributed by atoms with Crippen LogP contribution in [0, 0.1) is 6.92 Å². The number of sulfone groups is 1. The van der Waals surface area contributed by atoms with E-state index in [9.17, 15) is 13.2 Å². The Kier molecular flexibility index (Phi) is 4.12. The number of ether oxygens (including phenoxy) is 1. The Balaban J connectivity index is 1.96. The third-order valence-electron chi connectivity index (χ3n) is 4.67. The lowest BCUT2D eigenvalue weighted by molar-refractivity contribution is 0.0748. The highest BCUT2D eigenvalue weighted by Gasteiger charge is 2.42. The van der Waals surface area contributed by atoms with E-state index in [1.807, 2.05) is 25.1 Å². The van der Waals surface area contributed by atoms with Crippen molar-refractivity contribution in [2.45, 2.75) is 25.5 Å². The smallest absolute Gasteiger partial charge is 0.264 e. The van der Waals surface area contributed by atoms with Crippen LogP contribution < -0.4 is 4.74 Å². The number of carbonyl (C=O) groups excluding carboxylic acids is 1. The number of hydrogen-bond donors (Lipinski definition) is 0. The van der Waals surface area contributed by atoms with Crippen LogP contribution in [0.5, 0.6) is 5.75 Å². The van der Waals surface area contributed by atoms with Crippen molar-refractivity contribution in [2.24, 2.45) is 0 Å². The third-order valence-corrected chi connectivity index (χ3v) is 8.46. The monoisotopic (exact) mass is 367 g/mol. The summed E-state index contributed by atoms with van der Waals surface area (Å²) in [6.45, 7) is 5.78. The van der Waals surface area contributed by atoms with Crippen LogP contribution in [-0.4, -0.2) is 49.9 Å². The molecule has 0 aliphatic carbocycles. The number of amides is 1. The van der Waals surface area contributed by atoms with Crippen LogP contribution in [0.1, 0.15) is 29.1 Å². The number of benzene rings is 1. The zero-order valence-corrected chi connectivity index (χ0v) is 15.9. The van der Waals surface area contributed by atoms with E-state index in [1.54, 1.807) is 25.9 Å². The van der Waals surface area contributed by atoms with Gasteiger partial charge in [0.1, 0.15) is 5.75 Å². The van der Waals surface area contributed by atoms with Crippen LogP contribution in [0.25, 0.3) is 10.1 Å². The minimum Gasteiger partial charge on any atom is -0.497 e. The van der Waals surface area contributed by atoms with Crippen LogP contribution in [0.3, 0.4) is 0 Å². The molecule has 2 heterocycles. The summed E-state index contributed by atoms with van der Waals surface area (Å²) in [5.41, 5.74) is 0.921. The maximum absolute atomic E-state index is 13.0. The summed E-state index contributed by atoms with van der Waals surface area (Å²) >= 11 is 1.45. The zero-order chi connectivity index (χ0) is 17.7. The SMILES string of the molecule is COc1ccc2sc(C(=O)N3CCS(=O)(=O)C(C)(C)C3)c(C)c2c1. The first-order valence-electron chi connectivity index (χ1n) is 7.75. The summed E-state index contributed by atoms with van der Waals surface area (Å²) in [6, 6.07) is 5.76. The lowest BCUT2D eigenvalue weighted by atomic mass is 10.1. The van der Waals surface area contributed by atoms with Gasteiger partial charge >= 0.3 is 0 Å². The number of aryl methyl sites for hydroxylation is 1. The highest BCUT2D eigenvalue weighted by atomic mass is 32.2. The molecule has 0 saturated carbocycles. The molecule has 3 rings (SSSR count). The Morgan fingerprint density at radius 3 is 2.67 bits per heavy atom. The minimum absolute atomic E-state index is 0.0174. The number of nitrogens with zero attached hydrogens (tertiary/aromatic N) is 1. The van der Waals surface area contributed by atoms with Crippen molar-refractivity contribution in [3.05, 3.63) is 28.6 Å². The summed E-state index contributed by atoms with van der Waals surface area (Å²) in [5.74, 6) is 0.687. The van der Waals surface area contributed by atoms with Crippen LogP contribution in [0.2, 0.25) is 0 Å². The van der Waals surface area contributed by atoms with Gasteiger partial charge in [-0.1, -0.05) is 0 Å². The zero-order valence-electron chi connectivity index (χ0n) is 14.3. The molecule has 0 radical (unpaired) electrons. The van der Waals surface area contributed by atoms with Gasteiger partial charge in [-0.15, -0.1) is 11.3 Å². The summed E-state index contributed by atoms with van der Waals surface area (Å²) in [6.07, 6.45) is 0. The van der Waals surface area contributed by atoms with E-state index < -0.39 is 14.6 Å². The molecule has 130 valence electrons. The molecule has 1 fully saturated rings. The van der Waals surface area contributed by atoms with E-state index in [0.717, 1.165) is 21.4 Å². The van der Waals surface area contributed by atoms with Gasteiger partial charge in [-0.05, 0) is 49.9 Å². The quantitative estimate of drug-likeness (QED) is 0.819. The van der Waals surface area contributed by atoms with Gasteiger partial charge < -0.3 is 9.64 Å². The fourth-order valence-electron chi connectivity index (χ4n) is 2.99. The predicted octanol–water partition coefficient (Wildman–Crippen LogP) is 2.87. The molecular weight excluding hydrogens is 346 g/mol. The Hall–Kier alpha value is -1.60. The van der Waals surface area contributed by atoms with E-state index in [2.05, 4.69) is 0 Å². The fraction of sp³-hybridized carbons (Fsp3) is 0.471. The number of hydrogen-bond acceptors (Lipinski definition) is 5. The van der Waals surface area contributed by atoms with Gasteiger partial charge in [0, 0.05) is 17.8 Å². The maximum atomic E-state index is 13.0. The second kappa shape index (κ2) is 5.74. The van der Waals surface area contributed by atoms with E-state index in [1.165, 1.54) is 11.3 Å². The van der Waals surface area contributed by atoms with Crippen LogP contribution in [0.15, 0.2) is 18.2 Å². The molecule has 1 saturated heterocycles.